The minimum Gasteiger partial charge on any atom is -0.456 e. The van der Waals surface area contributed by atoms with Gasteiger partial charge in [-0.3, -0.25) is 0 Å². The molecule has 0 fully saturated rings. The molecule has 0 bridgehead atoms. The summed E-state index contributed by atoms with van der Waals surface area (Å²) in [5, 5.41) is 8.40. The molecule has 0 amide bonds. The van der Waals surface area contributed by atoms with Crippen molar-refractivity contribution in [3.8, 4) is 33.6 Å². The van der Waals surface area contributed by atoms with Crippen LogP contribution in [0.2, 0.25) is 0 Å². The molecule has 9 aromatic carbocycles. The zero-order chi connectivity index (χ0) is 34.4. The van der Waals surface area contributed by atoms with Crippen molar-refractivity contribution in [3.05, 3.63) is 200 Å². The minimum absolute atomic E-state index is 0.873. The van der Waals surface area contributed by atoms with E-state index in [9.17, 15) is 0 Å². The third kappa shape index (κ3) is 5.12. The first-order valence-corrected chi connectivity index (χ1v) is 17.8. The summed E-state index contributed by atoms with van der Waals surface area (Å²) in [7, 11) is 0. The summed E-state index contributed by atoms with van der Waals surface area (Å²) in [6.45, 7) is 0. The lowest BCUT2D eigenvalue weighted by Gasteiger charge is -2.29. The number of nitrogens with zero attached hydrogens (tertiary/aromatic N) is 1. The Kier molecular flexibility index (Phi) is 7.18. The average molecular weight is 664 g/mol. The van der Waals surface area contributed by atoms with Crippen molar-refractivity contribution in [2.45, 2.75) is 0 Å². The standard InChI is InChI=1S/C50H33NO/c1-4-19-41-34(12-1)15-10-23-42(41)36-26-28-40(29-27-36)51(47-24-11-16-35-13-2-5-20-44(35)47)48-31-30-43(45-21-6-7-22-46(45)48)37-17-9-18-38(32-37)50-33-39-14-3-8-25-49(39)52-50/h1-33H. The van der Waals surface area contributed by atoms with Crippen molar-refractivity contribution < 1.29 is 4.42 Å². The van der Waals surface area contributed by atoms with E-state index >= 15 is 0 Å². The molecule has 10 rings (SSSR count). The Hall–Kier alpha value is -6.90. The number of fused-ring (bicyclic) bond motifs is 4. The fourth-order valence-electron chi connectivity index (χ4n) is 7.77. The van der Waals surface area contributed by atoms with Crippen LogP contribution in [0, 0.1) is 0 Å². The Bertz CT molecular complexity index is 2870. The number of furan rings is 1. The number of hydrogen-bond acceptors (Lipinski definition) is 2. The molecule has 0 spiro atoms. The van der Waals surface area contributed by atoms with Crippen molar-refractivity contribution in [1.82, 2.24) is 0 Å². The second kappa shape index (κ2) is 12.5. The molecule has 0 atom stereocenters. The lowest BCUT2D eigenvalue weighted by atomic mass is 9.94. The average Bonchev–Trinajstić information content (AvgIpc) is 3.66. The molecular formula is C50H33NO. The highest BCUT2D eigenvalue weighted by Crippen LogP contribution is 2.45. The van der Waals surface area contributed by atoms with Gasteiger partial charge in [-0.2, -0.15) is 0 Å². The Morgan fingerprint density at radius 1 is 0.327 bits per heavy atom. The lowest BCUT2D eigenvalue weighted by molar-refractivity contribution is 0.631. The molecule has 0 N–H and O–H groups in total. The van der Waals surface area contributed by atoms with Crippen LogP contribution in [0.4, 0.5) is 17.1 Å². The van der Waals surface area contributed by atoms with Gasteiger partial charge in [0, 0.05) is 27.4 Å². The molecule has 244 valence electrons. The maximum atomic E-state index is 6.27. The summed E-state index contributed by atoms with van der Waals surface area (Å²) in [4.78, 5) is 2.42. The molecule has 0 saturated carbocycles. The maximum Gasteiger partial charge on any atom is 0.135 e. The molecule has 52 heavy (non-hydrogen) atoms. The van der Waals surface area contributed by atoms with Crippen LogP contribution >= 0.6 is 0 Å². The summed E-state index contributed by atoms with van der Waals surface area (Å²) in [5.41, 5.74) is 10.1. The first-order valence-electron chi connectivity index (χ1n) is 17.8. The van der Waals surface area contributed by atoms with E-state index in [4.69, 9.17) is 4.42 Å². The molecule has 2 heteroatoms. The van der Waals surface area contributed by atoms with E-state index in [-0.39, 0.29) is 0 Å². The number of anilines is 3. The predicted molar refractivity (Wildman–Crippen MR) is 220 cm³/mol. The van der Waals surface area contributed by atoms with E-state index in [1.54, 1.807) is 0 Å². The van der Waals surface area contributed by atoms with Crippen LogP contribution in [-0.4, -0.2) is 0 Å². The van der Waals surface area contributed by atoms with Crippen LogP contribution in [0.5, 0.6) is 0 Å². The van der Waals surface area contributed by atoms with Gasteiger partial charge in [-0.25, -0.2) is 0 Å². The summed E-state index contributed by atoms with van der Waals surface area (Å²) < 4.78 is 6.27. The predicted octanol–water partition coefficient (Wildman–Crippen LogP) is 14.4. The molecule has 0 aliphatic rings. The van der Waals surface area contributed by atoms with Crippen molar-refractivity contribution in [2.75, 3.05) is 4.90 Å². The van der Waals surface area contributed by atoms with Crippen molar-refractivity contribution >= 4 is 60.3 Å². The van der Waals surface area contributed by atoms with E-state index < -0.39 is 0 Å². The summed E-state index contributed by atoms with van der Waals surface area (Å²) in [5.74, 6) is 0.873. The highest BCUT2D eigenvalue weighted by atomic mass is 16.3. The van der Waals surface area contributed by atoms with Crippen LogP contribution in [-0.2, 0) is 0 Å². The van der Waals surface area contributed by atoms with Crippen molar-refractivity contribution in [1.29, 1.82) is 0 Å². The van der Waals surface area contributed by atoms with Crippen LogP contribution in [0.1, 0.15) is 0 Å². The monoisotopic (exact) mass is 663 g/mol. The van der Waals surface area contributed by atoms with Gasteiger partial charge in [-0.1, -0.05) is 158 Å². The molecule has 10 aromatic rings. The summed E-state index contributed by atoms with van der Waals surface area (Å²) in [6.07, 6.45) is 0. The van der Waals surface area contributed by atoms with Gasteiger partial charge in [0.15, 0.2) is 0 Å². The Labute approximate surface area is 302 Å². The van der Waals surface area contributed by atoms with Gasteiger partial charge >= 0.3 is 0 Å². The zero-order valence-corrected chi connectivity index (χ0v) is 28.4. The van der Waals surface area contributed by atoms with Crippen molar-refractivity contribution in [2.24, 2.45) is 0 Å². The molecule has 0 unspecified atom stereocenters. The van der Waals surface area contributed by atoms with Gasteiger partial charge in [-0.05, 0) is 86.3 Å². The third-order valence-electron chi connectivity index (χ3n) is 10.3. The van der Waals surface area contributed by atoms with Gasteiger partial charge in [0.2, 0.25) is 0 Å². The number of rotatable bonds is 6. The molecule has 1 heterocycles. The topological polar surface area (TPSA) is 16.4 Å². The molecule has 0 aliphatic heterocycles. The molecule has 0 aliphatic carbocycles. The summed E-state index contributed by atoms with van der Waals surface area (Å²) >= 11 is 0. The Morgan fingerprint density at radius 3 is 1.71 bits per heavy atom. The minimum atomic E-state index is 0.873. The first kappa shape index (κ1) is 30.0. The van der Waals surface area contributed by atoms with E-state index in [1.165, 1.54) is 49.0 Å². The second-order valence-corrected chi connectivity index (χ2v) is 13.3. The van der Waals surface area contributed by atoms with Gasteiger partial charge in [0.1, 0.15) is 11.3 Å². The van der Waals surface area contributed by atoms with Crippen molar-refractivity contribution in [3.63, 3.8) is 0 Å². The number of benzene rings is 9. The van der Waals surface area contributed by atoms with E-state index in [1.807, 2.05) is 18.2 Å². The van der Waals surface area contributed by atoms with Gasteiger partial charge < -0.3 is 9.32 Å². The highest BCUT2D eigenvalue weighted by molar-refractivity contribution is 6.09. The second-order valence-electron chi connectivity index (χ2n) is 13.3. The number of para-hydroxylation sites is 1. The summed E-state index contributed by atoms with van der Waals surface area (Å²) in [6, 6.07) is 71.8. The Balaban J connectivity index is 1.13. The zero-order valence-electron chi connectivity index (χ0n) is 28.4. The molecular weight excluding hydrogens is 631 g/mol. The largest absolute Gasteiger partial charge is 0.456 e. The van der Waals surface area contributed by atoms with Crippen LogP contribution in [0.25, 0.3) is 76.9 Å². The fourth-order valence-corrected chi connectivity index (χ4v) is 7.77. The Morgan fingerprint density at radius 2 is 0.904 bits per heavy atom. The molecule has 0 radical (unpaired) electrons. The fraction of sp³-hybridized carbons (Fsp3) is 0. The molecule has 0 saturated heterocycles. The quantitative estimate of drug-likeness (QED) is 0.176. The van der Waals surface area contributed by atoms with E-state index in [0.29, 0.717) is 0 Å². The van der Waals surface area contributed by atoms with Crippen LogP contribution in [0.15, 0.2) is 205 Å². The smallest absolute Gasteiger partial charge is 0.135 e. The molecule has 2 nitrogen and oxygen atoms in total. The van der Waals surface area contributed by atoms with E-state index in [0.717, 1.165) is 44.9 Å². The van der Waals surface area contributed by atoms with Gasteiger partial charge in [0.05, 0.1) is 11.4 Å². The van der Waals surface area contributed by atoms with Gasteiger partial charge in [0.25, 0.3) is 0 Å². The lowest BCUT2D eigenvalue weighted by Crippen LogP contribution is -2.11. The molecule has 1 aromatic heterocycles. The SMILES string of the molecule is c1cc(-c2cc3ccccc3o2)cc(-c2ccc(N(c3ccc(-c4cccc5ccccc45)cc3)c3cccc4ccccc34)c3ccccc23)c1. The van der Waals surface area contributed by atoms with Crippen LogP contribution < -0.4 is 4.90 Å². The highest BCUT2D eigenvalue weighted by Gasteiger charge is 2.20. The number of hydrogen-bond donors (Lipinski definition) is 0. The third-order valence-corrected chi connectivity index (χ3v) is 10.3. The normalized spacial score (nSPS) is 11.5. The van der Waals surface area contributed by atoms with Gasteiger partial charge in [-0.15, -0.1) is 0 Å². The van der Waals surface area contributed by atoms with Crippen LogP contribution in [0.3, 0.4) is 0 Å². The maximum absolute atomic E-state index is 6.27. The first-order chi connectivity index (χ1) is 25.8. The van der Waals surface area contributed by atoms with E-state index in [2.05, 4.69) is 187 Å².